The van der Waals surface area contributed by atoms with Crippen LogP contribution < -0.4 is 15.4 Å². The average Bonchev–Trinajstić information content (AvgIpc) is 2.42. The minimum atomic E-state index is 0.0839. The molecule has 0 saturated heterocycles. The zero-order valence-electron chi connectivity index (χ0n) is 11.6. The monoisotopic (exact) mass is 322 g/mol. The quantitative estimate of drug-likeness (QED) is 0.835. The van der Waals surface area contributed by atoms with Gasteiger partial charge in [-0.15, -0.1) is 0 Å². The van der Waals surface area contributed by atoms with Gasteiger partial charge in [-0.3, -0.25) is 0 Å². The van der Waals surface area contributed by atoms with Crippen molar-refractivity contribution in [3.63, 3.8) is 0 Å². The van der Waals surface area contributed by atoms with Crippen LogP contribution in [0.5, 0.6) is 5.75 Å². The molecule has 1 aliphatic rings. The first-order valence-electron chi connectivity index (χ1n) is 6.78. The molecular weight excluding hydrogens is 307 g/mol. The van der Waals surface area contributed by atoms with E-state index in [0.29, 0.717) is 22.3 Å². The van der Waals surface area contributed by atoms with Gasteiger partial charge in [-0.1, -0.05) is 29.3 Å². The second-order valence-corrected chi connectivity index (χ2v) is 6.05. The molecular formula is C16H16Cl2N2O. The van der Waals surface area contributed by atoms with Crippen molar-refractivity contribution in [3.05, 3.63) is 52.0 Å². The SMILES string of the molecule is CC1CN(Cc2c(Cl)cccc2Cl)c2ccc(N)cc2O1. The van der Waals surface area contributed by atoms with E-state index in [1.807, 2.05) is 43.3 Å². The molecule has 0 aromatic heterocycles. The molecule has 0 radical (unpaired) electrons. The van der Waals surface area contributed by atoms with Crippen LogP contribution in [0.3, 0.4) is 0 Å². The minimum absolute atomic E-state index is 0.0839. The molecule has 0 saturated carbocycles. The summed E-state index contributed by atoms with van der Waals surface area (Å²) in [5.74, 6) is 0.803. The average molecular weight is 323 g/mol. The molecule has 2 aromatic rings. The minimum Gasteiger partial charge on any atom is -0.487 e. The normalized spacial score (nSPS) is 17.3. The lowest BCUT2D eigenvalue weighted by Gasteiger charge is -2.35. The maximum atomic E-state index is 6.28. The summed E-state index contributed by atoms with van der Waals surface area (Å²) in [6.45, 7) is 3.45. The molecule has 1 aliphatic heterocycles. The lowest BCUT2D eigenvalue weighted by Crippen LogP contribution is -2.38. The number of nitrogens with two attached hydrogens (primary N) is 1. The summed E-state index contributed by atoms with van der Waals surface area (Å²) >= 11 is 12.6. The first kappa shape index (κ1) is 14.4. The van der Waals surface area contributed by atoms with Crippen LogP contribution >= 0.6 is 23.2 Å². The molecule has 0 bridgehead atoms. The highest BCUT2D eigenvalue weighted by molar-refractivity contribution is 6.36. The van der Waals surface area contributed by atoms with Crippen molar-refractivity contribution in [1.82, 2.24) is 0 Å². The Morgan fingerprint density at radius 1 is 1.24 bits per heavy atom. The summed E-state index contributed by atoms with van der Waals surface area (Å²) in [4.78, 5) is 2.22. The van der Waals surface area contributed by atoms with Gasteiger partial charge in [0.1, 0.15) is 11.9 Å². The number of anilines is 2. The third-order valence-corrected chi connectivity index (χ3v) is 4.25. The maximum absolute atomic E-state index is 6.28. The van der Waals surface area contributed by atoms with Crippen LogP contribution in [0.1, 0.15) is 12.5 Å². The number of fused-ring (bicyclic) bond motifs is 1. The molecule has 1 unspecified atom stereocenters. The molecule has 5 heteroatoms. The molecule has 1 heterocycles. The van der Waals surface area contributed by atoms with Crippen molar-refractivity contribution >= 4 is 34.6 Å². The van der Waals surface area contributed by atoms with Crippen molar-refractivity contribution in [2.45, 2.75) is 19.6 Å². The van der Waals surface area contributed by atoms with E-state index < -0.39 is 0 Å². The van der Waals surface area contributed by atoms with Gasteiger partial charge < -0.3 is 15.4 Å². The molecule has 0 aliphatic carbocycles. The number of hydrogen-bond donors (Lipinski definition) is 1. The number of hydrogen-bond acceptors (Lipinski definition) is 3. The second kappa shape index (κ2) is 5.66. The van der Waals surface area contributed by atoms with Gasteiger partial charge >= 0.3 is 0 Å². The van der Waals surface area contributed by atoms with Crippen molar-refractivity contribution in [3.8, 4) is 5.75 Å². The molecule has 0 spiro atoms. The Hall–Kier alpha value is -1.58. The van der Waals surface area contributed by atoms with E-state index in [2.05, 4.69) is 4.90 Å². The van der Waals surface area contributed by atoms with Gasteiger partial charge in [0.25, 0.3) is 0 Å². The zero-order chi connectivity index (χ0) is 15.0. The summed E-state index contributed by atoms with van der Waals surface area (Å²) < 4.78 is 5.85. The fraction of sp³-hybridized carbons (Fsp3) is 0.250. The van der Waals surface area contributed by atoms with Crippen LogP contribution in [0, 0.1) is 0 Å². The molecule has 2 aromatic carbocycles. The fourth-order valence-electron chi connectivity index (χ4n) is 2.57. The summed E-state index contributed by atoms with van der Waals surface area (Å²) in [6, 6.07) is 11.3. The van der Waals surface area contributed by atoms with Gasteiger partial charge in [-0.25, -0.2) is 0 Å². The highest BCUT2D eigenvalue weighted by Crippen LogP contribution is 2.37. The molecule has 0 amide bonds. The summed E-state index contributed by atoms with van der Waals surface area (Å²) in [7, 11) is 0. The summed E-state index contributed by atoms with van der Waals surface area (Å²) in [5, 5.41) is 1.36. The van der Waals surface area contributed by atoms with E-state index in [0.717, 1.165) is 23.5 Å². The summed E-state index contributed by atoms with van der Waals surface area (Å²) in [5.41, 5.74) is 8.47. The number of nitrogen functional groups attached to an aromatic ring is 1. The number of rotatable bonds is 2. The first-order chi connectivity index (χ1) is 10.0. The number of nitrogens with zero attached hydrogens (tertiary/aromatic N) is 1. The van der Waals surface area contributed by atoms with Crippen LogP contribution in [0.25, 0.3) is 0 Å². The standard InChI is InChI=1S/C16H16Cl2N2O/c1-10-8-20(9-12-13(17)3-2-4-14(12)18)15-6-5-11(19)7-16(15)21-10/h2-7,10H,8-9,19H2,1H3. The Morgan fingerprint density at radius 2 is 1.95 bits per heavy atom. The fourth-order valence-corrected chi connectivity index (χ4v) is 3.09. The Kier molecular flexibility index (Phi) is 3.87. The van der Waals surface area contributed by atoms with E-state index in [-0.39, 0.29) is 6.10 Å². The number of benzene rings is 2. The lowest BCUT2D eigenvalue weighted by atomic mass is 10.1. The molecule has 1 atom stereocenters. The van der Waals surface area contributed by atoms with E-state index in [1.54, 1.807) is 0 Å². The third-order valence-electron chi connectivity index (χ3n) is 3.54. The topological polar surface area (TPSA) is 38.5 Å². The molecule has 21 heavy (non-hydrogen) atoms. The summed E-state index contributed by atoms with van der Waals surface area (Å²) in [6.07, 6.45) is 0.0839. The van der Waals surface area contributed by atoms with Crippen LogP contribution in [0.4, 0.5) is 11.4 Å². The van der Waals surface area contributed by atoms with Crippen LogP contribution in [-0.4, -0.2) is 12.6 Å². The zero-order valence-corrected chi connectivity index (χ0v) is 13.2. The van der Waals surface area contributed by atoms with Gasteiger partial charge in [0, 0.05) is 33.9 Å². The van der Waals surface area contributed by atoms with Crippen LogP contribution in [-0.2, 0) is 6.54 Å². The van der Waals surface area contributed by atoms with Crippen molar-refractivity contribution in [2.24, 2.45) is 0 Å². The lowest BCUT2D eigenvalue weighted by molar-refractivity contribution is 0.212. The largest absolute Gasteiger partial charge is 0.487 e. The van der Waals surface area contributed by atoms with Crippen molar-refractivity contribution in [2.75, 3.05) is 17.2 Å². The van der Waals surface area contributed by atoms with Crippen LogP contribution in [0.15, 0.2) is 36.4 Å². The van der Waals surface area contributed by atoms with E-state index >= 15 is 0 Å². The Morgan fingerprint density at radius 3 is 2.67 bits per heavy atom. The smallest absolute Gasteiger partial charge is 0.145 e. The maximum Gasteiger partial charge on any atom is 0.145 e. The van der Waals surface area contributed by atoms with E-state index in [9.17, 15) is 0 Å². The Balaban J connectivity index is 1.97. The van der Waals surface area contributed by atoms with Crippen molar-refractivity contribution in [1.29, 1.82) is 0 Å². The van der Waals surface area contributed by atoms with E-state index in [4.69, 9.17) is 33.7 Å². The number of ether oxygens (including phenoxy) is 1. The molecule has 3 rings (SSSR count). The highest BCUT2D eigenvalue weighted by Gasteiger charge is 2.24. The highest BCUT2D eigenvalue weighted by atomic mass is 35.5. The second-order valence-electron chi connectivity index (χ2n) is 5.24. The van der Waals surface area contributed by atoms with Gasteiger partial charge in [-0.2, -0.15) is 0 Å². The number of halogens is 2. The predicted molar refractivity (Wildman–Crippen MR) is 88.5 cm³/mol. The van der Waals surface area contributed by atoms with Gasteiger partial charge in [0.05, 0.1) is 12.2 Å². The van der Waals surface area contributed by atoms with Crippen molar-refractivity contribution < 1.29 is 4.74 Å². The molecule has 0 fully saturated rings. The first-order valence-corrected chi connectivity index (χ1v) is 7.54. The van der Waals surface area contributed by atoms with Crippen LogP contribution in [0.2, 0.25) is 10.0 Å². The molecule has 110 valence electrons. The Labute approximate surface area is 134 Å². The molecule has 3 nitrogen and oxygen atoms in total. The van der Waals surface area contributed by atoms with Gasteiger partial charge in [0.2, 0.25) is 0 Å². The van der Waals surface area contributed by atoms with Gasteiger partial charge in [-0.05, 0) is 31.2 Å². The third kappa shape index (κ3) is 2.89. The van der Waals surface area contributed by atoms with Gasteiger partial charge in [0.15, 0.2) is 0 Å². The Bertz CT molecular complexity index is 655. The predicted octanol–water partition coefficient (Wildman–Crippen LogP) is 4.36. The van der Waals surface area contributed by atoms with E-state index in [1.165, 1.54) is 0 Å². The molecule has 2 N–H and O–H groups in total.